The summed E-state index contributed by atoms with van der Waals surface area (Å²) in [5.74, 6) is 1.03. The number of nitrogens with zero attached hydrogens (tertiary/aromatic N) is 1. The molecule has 0 aromatic rings. The monoisotopic (exact) mass is 250 g/mol. The quantitative estimate of drug-likeness (QED) is 0.824. The van der Waals surface area contributed by atoms with E-state index in [-0.39, 0.29) is 0 Å². The fourth-order valence-electron chi connectivity index (χ4n) is 4.15. The Hall–Kier alpha value is -0.0800. The Balaban J connectivity index is 1.63. The highest BCUT2D eigenvalue weighted by molar-refractivity contribution is 4.97. The van der Waals surface area contributed by atoms with Gasteiger partial charge in [-0.25, -0.2) is 0 Å². The SMILES string of the molecule is CCCC1CN(C2CCCCC2)C(C2CC2)CN1. The molecule has 2 atom stereocenters. The van der Waals surface area contributed by atoms with E-state index in [1.807, 2.05) is 0 Å². The van der Waals surface area contributed by atoms with E-state index in [1.54, 1.807) is 0 Å². The van der Waals surface area contributed by atoms with Crippen molar-refractivity contribution in [3.05, 3.63) is 0 Å². The van der Waals surface area contributed by atoms with E-state index in [4.69, 9.17) is 0 Å². The normalized spacial score (nSPS) is 35.8. The second kappa shape index (κ2) is 5.92. The first-order valence-corrected chi connectivity index (χ1v) is 8.37. The summed E-state index contributed by atoms with van der Waals surface area (Å²) in [6.07, 6.45) is 13.1. The van der Waals surface area contributed by atoms with Crippen molar-refractivity contribution in [1.29, 1.82) is 0 Å². The van der Waals surface area contributed by atoms with Crippen molar-refractivity contribution >= 4 is 0 Å². The zero-order valence-corrected chi connectivity index (χ0v) is 12.0. The minimum absolute atomic E-state index is 0.770. The van der Waals surface area contributed by atoms with Gasteiger partial charge in [0.05, 0.1) is 0 Å². The van der Waals surface area contributed by atoms with Gasteiger partial charge in [0, 0.05) is 31.2 Å². The first kappa shape index (κ1) is 12.9. The van der Waals surface area contributed by atoms with Crippen LogP contribution in [0.25, 0.3) is 0 Å². The molecule has 0 spiro atoms. The summed E-state index contributed by atoms with van der Waals surface area (Å²) in [5.41, 5.74) is 0. The molecule has 2 aliphatic carbocycles. The van der Waals surface area contributed by atoms with E-state index in [9.17, 15) is 0 Å². The first-order chi connectivity index (χ1) is 8.88. The van der Waals surface area contributed by atoms with E-state index >= 15 is 0 Å². The third-order valence-corrected chi connectivity index (χ3v) is 5.32. The molecule has 1 heterocycles. The Bertz CT molecular complexity index is 256. The number of hydrogen-bond donors (Lipinski definition) is 1. The molecule has 3 fully saturated rings. The summed E-state index contributed by atoms with van der Waals surface area (Å²) in [5, 5.41) is 3.82. The largest absolute Gasteiger partial charge is 0.311 e. The minimum Gasteiger partial charge on any atom is -0.311 e. The van der Waals surface area contributed by atoms with Crippen LogP contribution in [0.15, 0.2) is 0 Å². The van der Waals surface area contributed by atoms with Crippen molar-refractivity contribution < 1.29 is 0 Å². The van der Waals surface area contributed by atoms with Crippen LogP contribution >= 0.6 is 0 Å². The van der Waals surface area contributed by atoms with Gasteiger partial charge in [-0.1, -0.05) is 32.6 Å². The van der Waals surface area contributed by atoms with Crippen LogP contribution in [0.2, 0.25) is 0 Å². The molecule has 0 aromatic heterocycles. The number of nitrogens with one attached hydrogen (secondary N) is 1. The Labute approximate surface area is 113 Å². The van der Waals surface area contributed by atoms with Gasteiger partial charge >= 0.3 is 0 Å². The lowest BCUT2D eigenvalue weighted by Crippen LogP contribution is -2.60. The van der Waals surface area contributed by atoms with Gasteiger partial charge in [-0.05, 0) is 38.0 Å². The molecule has 0 radical (unpaired) electrons. The standard InChI is InChI=1S/C16H30N2/c1-2-6-14-12-18(15-7-4-3-5-8-15)16(11-17-14)13-9-10-13/h13-17H,2-12H2,1H3. The molecule has 3 aliphatic rings. The smallest absolute Gasteiger partial charge is 0.0252 e. The Kier molecular flexibility index (Phi) is 4.25. The maximum absolute atomic E-state index is 3.82. The van der Waals surface area contributed by atoms with Gasteiger partial charge in [0.15, 0.2) is 0 Å². The van der Waals surface area contributed by atoms with Crippen LogP contribution in [0.4, 0.5) is 0 Å². The molecule has 0 bridgehead atoms. The molecule has 2 unspecified atom stereocenters. The van der Waals surface area contributed by atoms with E-state index < -0.39 is 0 Å². The highest BCUT2D eigenvalue weighted by Gasteiger charge is 2.41. The fourth-order valence-corrected chi connectivity index (χ4v) is 4.15. The van der Waals surface area contributed by atoms with Crippen molar-refractivity contribution in [3.8, 4) is 0 Å². The molecule has 0 aromatic carbocycles. The van der Waals surface area contributed by atoms with Crippen molar-refractivity contribution in [2.24, 2.45) is 5.92 Å². The van der Waals surface area contributed by atoms with E-state index in [2.05, 4.69) is 17.1 Å². The lowest BCUT2D eigenvalue weighted by Gasteiger charge is -2.46. The molecule has 2 nitrogen and oxygen atoms in total. The van der Waals surface area contributed by atoms with Crippen molar-refractivity contribution in [2.75, 3.05) is 13.1 Å². The zero-order chi connectivity index (χ0) is 12.4. The number of piperazine rings is 1. The van der Waals surface area contributed by atoms with Crippen LogP contribution in [0.5, 0.6) is 0 Å². The van der Waals surface area contributed by atoms with Gasteiger partial charge in [0.1, 0.15) is 0 Å². The summed E-state index contributed by atoms with van der Waals surface area (Å²) in [6, 6.07) is 2.57. The molecule has 3 rings (SSSR count). The van der Waals surface area contributed by atoms with Gasteiger partial charge in [0.25, 0.3) is 0 Å². The van der Waals surface area contributed by atoms with Crippen LogP contribution in [0.1, 0.15) is 64.7 Å². The van der Waals surface area contributed by atoms with Crippen LogP contribution in [-0.2, 0) is 0 Å². The molecule has 2 heteroatoms. The summed E-state index contributed by atoms with van der Waals surface area (Å²) >= 11 is 0. The van der Waals surface area contributed by atoms with Crippen molar-refractivity contribution in [3.63, 3.8) is 0 Å². The lowest BCUT2D eigenvalue weighted by atomic mass is 9.90. The predicted octanol–water partition coefficient (Wildman–Crippen LogP) is 3.17. The van der Waals surface area contributed by atoms with Crippen LogP contribution in [0.3, 0.4) is 0 Å². The van der Waals surface area contributed by atoms with Crippen molar-refractivity contribution in [2.45, 2.75) is 82.8 Å². The lowest BCUT2D eigenvalue weighted by molar-refractivity contribution is 0.0489. The first-order valence-electron chi connectivity index (χ1n) is 8.37. The average molecular weight is 250 g/mol. The fraction of sp³-hybridized carbons (Fsp3) is 1.00. The van der Waals surface area contributed by atoms with Gasteiger partial charge < -0.3 is 5.32 Å². The third kappa shape index (κ3) is 2.91. The van der Waals surface area contributed by atoms with E-state index in [0.29, 0.717) is 0 Å². The van der Waals surface area contributed by atoms with Crippen LogP contribution < -0.4 is 5.32 Å². The second-order valence-electron chi connectivity index (χ2n) is 6.79. The summed E-state index contributed by atoms with van der Waals surface area (Å²) in [4.78, 5) is 2.94. The van der Waals surface area contributed by atoms with Gasteiger partial charge in [-0.2, -0.15) is 0 Å². The van der Waals surface area contributed by atoms with Gasteiger partial charge in [0.2, 0.25) is 0 Å². The van der Waals surface area contributed by atoms with Gasteiger partial charge in [-0.3, -0.25) is 4.90 Å². The maximum atomic E-state index is 3.82. The summed E-state index contributed by atoms with van der Waals surface area (Å²) < 4.78 is 0. The third-order valence-electron chi connectivity index (χ3n) is 5.32. The maximum Gasteiger partial charge on any atom is 0.0252 e. The molecule has 18 heavy (non-hydrogen) atoms. The van der Waals surface area contributed by atoms with Gasteiger partial charge in [-0.15, -0.1) is 0 Å². The van der Waals surface area contributed by atoms with Crippen LogP contribution in [-0.4, -0.2) is 36.1 Å². The van der Waals surface area contributed by atoms with Crippen LogP contribution in [0, 0.1) is 5.92 Å². The molecule has 2 saturated carbocycles. The molecule has 1 N–H and O–H groups in total. The predicted molar refractivity (Wildman–Crippen MR) is 76.8 cm³/mol. The highest BCUT2D eigenvalue weighted by atomic mass is 15.3. The Morgan fingerprint density at radius 1 is 1.06 bits per heavy atom. The van der Waals surface area contributed by atoms with E-state index in [0.717, 1.165) is 24.0 Å². The molecular weight excluding hydrogens is 220 g/mol. The average Bonchev–Trinajstić information content (AvgIpc) is 3.24. The highest BCUT2D eigenvalue weighted by Crippen LogP contribution is 2.39. The number of rotatable bonds is 4. The molecule has 1 saturated heterocycles. The molecular formula is C16H30N2. The Morgan fingerprint density at radius 2 is 1.83 bits per heavy atom. The summed E-state index contributed by atoms with van der Waals surface area (Å²) in [7, 11) is 0. The molecule has 0 amide bonds. The Morgan fingerprint density at radius 3 is 2.50 bits per heavy atom. The van der Waals surface area contributed by atoms with Crippen molar-refractivity contribution in [1.82, 2.24) is 10.2 Å². The molecule has 104 valence electrons. The van der Waals surface area contributed by atoms with E-state index in [1.165, 1.54) is 70.9 Å². The second-order valence-corrected chi connectivity index (χ2v) is 6.79. The summed E-state index contributed by atoms with van der Waals surface area (Å²) in [6.45, 7) is 4.92. The molecule has 1 aliphatic heterocycles. The number of hydrogen-bond acceptors (Lipinski definition) is 2. The minimum atomic E-state index is 0.770. The topological polar surface area (TPSA) is 15.3 Å². The zero-order valence-electron chi connectivity index (χ0n) is 12.0.